The van der Waals surface area contributed by atoms with Crippen molar-refractivity contribution in [3.8, 4) is 22.9 Å². The zero-order chi connectivity index (χ0) is 24.2. The van der Waals surface area contributed by atoms with Crippen LogP contribution in [0.3, 0.4) is 0 Å². The van der Waals surface area contributed by atoms with Gasteiger partial charge in [0.1, 0.15) is 5.82 Å². The molecule has 2 aliphatic rings. The molecule has 1 aromatic heterocycles. The van der Waals surface area contributed by atoms with Gasteiger partial charge in [0.05, 0.1) is 23.7 Å². The summed E-state index contributed by atoms with van der Waals surface area (Å²) in [5.41, 5.74) is 6.83. The monoisotopic (exact) mass is 463 g/mol. The summed E-state index contributed by atoms with van der Waals surface area (Å²) in [4.78, 5) is 15.9. The van der Waals surface area contributed by atoms with Crippen LogP contribution in [0.1, 0.15) is 52.9 Å². The van der Waals surface area contributed by atoms with Gasteiger partial charge in [-0.25, -0.2) is 9.18 Å². The first-order chi connectivity index (χ1) is 17.0. The number of aromatic carboxylic acids is 1. The van der Waals surface area contributed by atoms with E-state index in [-0.39, 0.29) is 16.8 Å². The molecule has 0 atom stereocenters. The minimum absolute atomic E-state index is 0.224. The molecular formula is C29H22FN3O2. The van der Waals surface area contributed by atoms with Crippen LogP contribution in [-0.2, 0) is 12.0 Å². The molecule has 172 valence electrons. The van der Waals surface area contributed by atoms with Crippen molar-refractivity contribution >= 4 is 23.1 Å². The molecule has 6 rings (SSSR count). The topological polar surface area (TPSA) is 78.4 Å². The molecule has 1 fully saturated rings. The molecule has 3 aromatic carbocycles. The lowest BCUT2D eigenvalue weighted by atomic mass is 9.63. The fourth-order valence-electron chi connectivity index (χ4n) is 5.58. The third-order valence-corrected chi connectivity index (χ3v) is 7.46. The number of fused-ring (bicyclic) bond motifs is 2. The van der Waals surface area contributed by atoms with Crippen LogP contribution in [-0.4, -0.2) is 21.9 Å². The van der Waals surface area contributed by atoms with Crippen molar-refractivity contribution in [2.24, 2.45) is 4.99 Å². The van der Waals surface area contributed by atoms with Gasteiger partial charge < -0.3 is 9.67 Å². The van der Waals surface area contributed by atoms with E-state index < -0.39 is 5.97 Å². The Labute approximate surface area is 201 Å². The first-order valence-corrected chi connectivity index (χ1v) is 11.7. The predicted molar refractivity (Wildman–Crippen MR) is 133 cm³/mol. The number of nitriles is 1. The number of hydrogen-bond donors (Lipinski definition) is 1. The predicted octanol–water partition coefficient (Wildman–Crippen LogP) is 6.40. The van der Waals surface area contributed by atoms with Crippen molar-refractivity contribution < 1.29 is 14.3 Å². The Morgan fingerprint density at radius 1 is 1.11 bits per heavy atom. The summed E-state index contributed by atoms with van der Waals surface area (Å²) >= 11 is 0. The number of carboxylic acid groups (broad SMARTS) is 1. The molecule has 2 heterocycles. The second kappa shape index (κ2) is 7.92. The van der Waals surface area contributed by atoms with Gasteiger partial charge in [-0.2, -0.15) is 5.26 Å². The van der Waals surface area contributed by atoms with Gasteiger partial charge in [-0.3, -0.25) is 4.99 Å². The lowest BCUT2D eigenvalue weighted by Gasteiger charge is -2.42. The van der Waals surface area contributed by atoms with Gasteiger partial charge in [0, 0.05) is 40.4 Å². The van der Waals surface area contributed by atoms with Crippen LogP contribution in [0, 0.1) is 17.1 Å². The van der Waals surface area contributed by atoms with Crippen LogP contribution < -0.4 is 0 Å². The van der Waals surface area contributed by atoms with E-state index in [9.17, 15) is 19.6 Å². The van der Waals surface area contributed by atoms with Crippen LogP contribution in [0.4, 0.5) is 4.39 Å². The van der Waals surface area contributed by atoms with Crippen LogP contribution >= 0.6 is 0 Å². The number of aromatic nitrogens is 1. The molecular weight excluding hydrogens is 441 g/mol. The van der Waals surface area contributed by atoms with E-state index in [2.05, 4.69) is 27.8 Å². The van der Waals surface area contributed by atoms with E-state index in [1.807, 2.05) is 18.3 Å². The third-order valence-electron chi connectivity index (χ3n) is 7.46. The van der Waals surface area contributed by atoms with Crippen molar-refractivity contribution in [2.75, 3.05) is 0 Å². The fourth-order valence-corrected chi connectivity index (χ4v) is 5.58. The third kappa shape index (κ3) is 3.27. The molecule has 6 heteroatoms. The molecule has 1 saturated carbocycles. The van der Waals surface area contributed by atoms with Crippen LogP contribution in [0.15, 0.2) is 65.7 Å². The molecule has 1 N–H and O–H groups in total. The lowest BCUT2D eigenvalue weighted by Crippen LogP contribution is -2.36. The minimum atomic E-state index is -0.972. The number of carbonyl (C=O) groups is 1. The molecule has 5 nitrogen and oxygen atoms in total. The molecule has 0 saturated heterocycles. The average Bonchev–Trinajstić information content (AvgIpc) is 3.42. The van der Waals surface area contributed by atoms with Gasteiger partial charge in [-0.05, 0) is 78.1 Å². The van der Waals surface area contributed by atoms with Gasteiger partial charge >= 0.3 is 5.97 Å². The normalized spacial score (nSPS) is 15.5. The van der Waals surface area contributed by atoms with Crippen molar-refractivity contribution in [2.45, 2.75) is 37.6 Å². The van der Waals surface area contributed by atoms with Crippen molar-refractivity contribution in [1.82, 2.24) is 4.57 Å². The fraction of sp³-hybridized carbons (Fsp3) is 0.207. The van der Waals surface area contributed by atoms with E-state index in [1.165, 1.54) is 12.1 Å². The number of aliphatic imine (C=N–C) groups is 1. The Hall–Kier alpha value is -4.24. The Kier molecular flexibility index (Phi) is 4.82. The van der Waals surface area contributed by atoms with E-state index >= 15 is 0 Å². The van der Waals surface area contributed by atoms with E-state index in [1.54, 1.807) is 24.3 Å². The largest absolute Gasteiger partial charge is 0.478 e. The number of halogens is 1. The Morgan fingerprint density at radius 2 is 1.86 bits per heavy atom. The van der Waals surface area contributed by atoms with E-state index in [0.717, 1.165) is 63.8 Å². The summed E-state index contributed by atoms with van der Waals surface area (Å²) in [7, 11) is 0. The number of rotatable bonds is 5. The highest BCUT2D eigenvalue weighted by Gasteiger charge is 2.44. The first-order valence-electron chi connectivity index (χ1n) is 11.7. The highest BCUT2D eigenvalue weighted by Crippen LogP contribution is 2.53. The molecule has 4 aromatic rings. The smallest absolute Gasteiger partial charge is 0.335 e. The molecule has 0 unspecified atom stereocenters. The Morgan fingerprint density at radius 3 is 2.49 bits per heavy atom. The van der Waals surface area contributed by atoms with Gasteiger partial charge in [0.2, 0.25) is 0 Å². The molecule has 0 amide bonds. The molecule has 0 radical (unpaired) electrons. The number of benzene rings is 3. The van der Waals surface area contributed by atoms with Gasteiger partial charge in [0.25, 0.3) is 0 Å². The maximum atomic E-state index is 13.9. The summed E-state index contributed by atoms with van der Waals surface area (Å²) in [5.74, 6) is -1.28. The van der Waals surface area contributed by atoms with Crippen molar-refractivity contribution in [1.29, 1.82) is 5.26 Å². The quantitative estimate of drug-likeness (QED) is 0.372. The number of hydrogen-bond acceptors (Lipinski definition) is 3. The highest BCUT2D eigenvalue weighted by molar-refractivity contribution is 6.04. The zero-order valence-electron chi connectivity index (χ0n) is 19.0. The van der Waals surface area contributed by atoms with Crippen LogP contribution in [0.5, 0.6) is 0 Å². The van der Waals surface area contributed by atoms with Crippen molar-refractivity contribution in [3.05, 3.63) is 88.9 Å². The SMILES string of the molecule is N#CCC1(c2c(-c3ccc(C(=O)O)cc3)c3cc4c(cc3n2-c2ccc(F)cc2)C=NC4)CCC1. The van der Waals surface area contributed by atoms with Crippen LogP contribution in [0.2, 0.25) is 0 Å². The lowest BCUT2D eigenvalue weighted by molar-refractivity contribution is 0.0697. The molecule has 0 bridgehead atoms. The van der Waals surface area contributed by atoms with Crippen molar-refractivity contribution in [3.63, 3.8) is 0 Å². The van der Waals surface area contributed by atoms with Gasteiger partial charge in [-0.15, -0.1) is 0 Å². The van der Waals surface area contributed by atoms with E-state index in [4.69, 9.17) is 0 Å². The second-order valence-electron chi connectivity index (χ2n) is 9.42. The Balaban J connectivity index is 1.74. The molecule has 1 aliphatic carbocycles. The molecule has 35 heavy (non-hydrogen) atoms. The second-order valence-corrected chi connectivity index (χ2v) is 9.42. The number of carboxylic acids is 1. The average molecular weight is 464 g/mol. The van der Waals surface area contributed by atoms with E-state index in [0.29, 0.717) is 13.0 Å². The van der Waals surface area contributed by atoms with Gasteiger partial charge in [-0.1, -0.05) is 18.6 Å². The van der Waals surface area contributed by atoms with Gasteiger partial charge in [0.15, 0.2) is 0 Å². The Bertz CT molecular complexity index is 1550. The molecule has 1 aliphatic heterocycles. The summed E-state index contributed by atoms with van der Waals surface area (Å²) in [6, 6.07) is 20.1. The maximum absolute atomic E-state index is 13.9. The maximum Gasteiger partial charge on any atom is 0.335 e. The molecule has 0 spiro atoms. The highest BCUT2D eigenvalue weighted by atomic mass is 19.1. The summed E-state index contributed by atoms with van der Waals surface area (Å²) in [6.45, 7) is 0.614. The minimum Gasteiger partial charge on any atom is -0.478 e. The number of nitrogens with zero attached hydrogens (tertiary/aromatic N) is 3. The van der Waals surface area contributed by atoms with Crippen LogP contribution in [0.25, 0.3) is 27.7 Å². The first kappa shape index (κ1) is 21.3. The zero-order valence-corrected chi connectivity index (χ0v) is 19.0. The summed E-state index contributed by atoms with van der Waals surface area (Å²) < 4.78 is 16.1. The standard InChI is InChI=1S/C29H22FN3O2/c30-22-6-8-23(9-7-22)33-25-15-21-17-32-16-20(21)14-24(25)26(18-2-4-19(5-3-18)28(34)35)27(33)29(12-13-31)10-1-11-29/h2-9,14-15,17H,1,10-12,16H2,(H,34,35). The summed E-state index contributed by atoms with van der Waals surface area (Å²) in [5, 5.41) is 20.2. The summed E-state index contributed by atoms with van der Waals surface area (Å²) in [6.07, 6.45) is 5.07.